The van der Waals surface area contributed by atoms with Crippen LogP contribution in [0.1, 0.15) is 46.1 Å². The van der Waals surface area contributed by atoms with Gasteiger partial charge in [0.25, 0.3) is 0 Å². The number of nitrogens with one attached hydrogen (secondary N) is 1. The molecule has 0 aromatic heterocycles. The van der Waals surface area contributed by atoms with Crippen molar-refractivity contribution in [2.24, 2.45) is 4.47 Å². The lowest BCUT2D eigenvalue weighted by Crippen LogP contribution is -3.08. The lowest BCUT2D eigenvalue weighted by molar-refractivity contribution is -0.875. The van der Waals surface area contributed by atoms with Crippen LogP contribution in [-0.4, -0.2) is 48.2 Å². The molecule has 30 heavy (non-hydrogen) atoms. The van der Waals surface area contributed by atoms with Gasteiger partial charge in [-0.25, -0.2) is 4.21 Å². The maximum absolute atomic E-state index is 13.7. The van der Waals surface area contributed by atoms with Gasteiger partial charge in [0, 0.05) is 23.7 Å². The zero-order valence-electron chi connectivity index (χ0n) is 19.5. The van der Waals surface area contributed by atoms with Crippen molar-refractivity contribution in [3.63, 3.8) is 0 Å². The number of nitrogens with zero attached hydrogens (tertiary/aromatic N) is 2. The molecule has 0 aliphatic heterocycles. The van der Waals surface area contributed by atoms with Crippen LogP contribution in [0.25, 0.3) is 0 Å². The number of halogens is 1. The zero-order chi connectivity index (χ0) is 21.7. The first-order chi connectivity index (χ1) is 13.9. The van der Waals surface area contributed by atoms with Crippen LogP contribution in [0, 0.1) is 0 Å². The molecule has 2 unspecified atom stereocenters. The third kappa shape index (κ3) is 9.73. The van der Waals surface area contributed by atoms with Crippen LogP contribution in [0.4, 0.5) is 0 Å². The van der Waals surface area contributed by atoms with Crippen molar-refractivity contribution >= 4 is 9.73 Å². The highest BCUT2D eigenvalue weighted by Gasteiger charge is 2.19. The molecule has 2 aromatic rings. The smallest absolute Gasteiger partial charge is 0.0924 e. The minimum absolute atomic E-state index is 0. The fourth-order valence-corrected chi connectivity index (χ4v) is 5.21. The quantitative estimate of drug-likeness (QED) is 0.527. The first kappa shape index (κ1) is 28.8. The molecule has 0 bridgehead atoms. The van der Waals surface area contributed by atoms with Crippen LogP contribution in [0.3, 0.4) is 0 Å². The molecule has 0 spiro atoms. The van der Waals surface area contributed by atoms with E-state index in [1.54, 1.807) is 4.90 Å². The fourth-order valence-electron chi connectivity index (χ4n) is 2.80. The van der Waals surface area contributed by atoms with Gasteiger partial charge in [0.15, 0.2) is 0 Å². The Hall–Kier alpha value is -1.21. The Bertz CT molecular complexity index is 785. The fraction of sp³-hybridized carbons (Fsp3) is 0.500. The van der Waals surface area contributed by atoms with Crippen LogP contribution >= 0.6 is 0 Å². The van der Waals surface area contributed by atoms with E-state index in [2.05, 4.69) is 44.4 Å². The summed E-state index contributed by atoms with van der Waals surface area (Å²) in [5.41, 5.74) is 1.20. The highest BCUT2D eigenvalue weighted by molar-refractivity contribution is 7.93. The Balaban J connectivity index is 0.00000105. The minimum atomic E-state index is -2.49. The lowest BCUT2D eigenvalue weighted by atomic mass is 10.0. The minimum Gasteiger partial charge on any atom is -1.00 e. The van der Waals surface area contributed by atoms with Gasteiger partial charge in [0.1, 0.15) is 0 Å². The van der Waals surface area contributed by atoms with Crippen molar-refractivity contribution < 1.29 is 26.1 Å². The first-order valence-electron chi connectivity index (χ1n) is 10.8. The molecule has 0 fully saturated rings. The number of benzene rings is 2. The summed E-state index contributed by atoms with van der Waals surface area (Å²) < 4.78 is 18.3. The van der Waals surface area contributed by atoms with Gasteiger partial charge in [-0.1, -0.05) is 69.3 Å². The van der Waals surface area contributed by atoms with Gasteiger partial charge < -0.3 is 21.9 Å². The van der Waals surface area contributed by atoms with Crippen molar-refractivity contribution in [3.05, 3.63) is 66.2 Å². The van der Waals surface area contributed by atoms with E-state index < -0.39 is 9.73 Å². The number of quaternary nitrogens is 1. The van der Waals surface area contributed by atoms with E-state index in [4.69, 9.17) is 0 Å². The molecule has 0 saturated heterocycles. The Kier molecular flexibility index (Phi) is 14.9. The summed E-state index contributed by atoms with van der Waals surface area (Å²) in [6, 6.07) is 19.9. The van der Waals surface area contributed by atoms with E-state index in [1.807, 2.05) is 67.4 Å². The lowest BCUT2D eigenvalue weighted by Gasteiger charge is -2.20. The van der Waals surface area contributed by atoms with Gasteiger partial charge in [0.05, 0.1) is 29.9 Å². The van der Waals surface area contributed by atoms with Crippen LogP contribution in [0.5, 0.6) is 0 Å². The molecule has 1 N–H and O–H groups in total. The average Bonchev–Trinajstić information content (AvgIpc) is 2.78. The van der Waals surface area contributed by atoms with E-state index in [9.17, 15) is 4.21 Å². The third-order valence-electron chi connectivity index (χ3n) is 5.14. The molecular weight excluding hydrogens is 458 g/mol. The summed E-state index contributed by atoms with van der Waals surface area (Å²) in [4.78, 5) is 2.41. The van der Waals surface area contributed by atoms with E-state index in [-0.39, 0.29) is 22.9 Å². The van der Waals surface area contributed by atoms with Gasteiger partial charge in [-0.2, -0.15) is 5.01 Å². The molecule has 4 nitrogen and oxygen atoms in total. The third-order valence-corrected chi connectivity index (χ3v) is 7.60. The van der Waals surface area contributed by atoms with Gasteiger partial charge in [-0.3, -0.25) is 0 Å². The zero-order valence-corrected chi connectivity index (χ0v) is 21.9. The highest BCUT2D eigenvalue weighted by atomic mass is 79.9. The largest absolute Gasteiger partial charge is 1.00 e. The maximum Gasteiger partial charge on any atom is 0.0924 e. The van der Waals surface area contributed by atoms with Gasteiger partial charge in [-0.15, -0.1) is 4.47 Å². The molecular formula is C24H40BrN3OS. The van der Waals surface area contributed by atoms with Gasteiger partial charge >= 0.3 is 0 Å². The van der Waals surface area contributed by atoms with E-state index in [1.165, 1.54) is 18.7 Å². The second-order valence-electron chi connectivity index (χ2n) is 7.32. The molecule has 0 aliphatic carbocycles. The normalized spacial score (nSPS) is 13.6. The molecule has 0 radical (unpaired) electrons. The molecule has 2 aromatic carbocycles. The van der Waals surface area contributed by atoms with Crippen LogP contribution in [-0.2, 0) is 9.73 Å². The molecule has 0 amide bonds. The molecule has 0 aliphatic rings. The van der Waals surface area contributed by atoms with Crippen molar-refractivity contribution in [2.75, 3.05) is 39.0 Å². The summed E-state index contributed by atoms with van der Waals surface area (Å²) in [6.45, 7) is 14.6. The molecule has 2 rings (SSSR count). The van der Waals surface area contributed by atoms with Crippen LogP contribution in [0.2, 0.25) is 0 Å². The van der Waals surface area contributed by atoms with E-state index in [0.717, 1.165) is 18.0 Å². The van der Waals surface area contributed by atoms with Gasteiger partial charge in [-0.05, 0) is 37.5 Å². The number of hydrogen-bond donors (Lipinski definition) is 1. The summed E-state index contributed by atoms with van der Waals surface area (Å²) >= 11 is 0. The first-order valence-corrected chi connectivity index (χ1v) is 12.5. The SMILES string of the molecule is CCN(CC)N=S(=O)(CC(C)c1ccccc1)c1ccccc1.CC[NH+](C)CC.[Br-]. The Morgan fingerprint density at radius 1 is 0.900 bits per heavy atom. The van der Waals surface area contributed by atoms with Crippen molar-refractivity contribution in [3.8, 4) is 0 Å². The Morgan fingerprint density at radius 3 is 1.77 bits per heavy atom. The predicted molar refractivity (Wildman–Crippen MR) is 126 cm³/mol. The summed E-state index contributed by atoms with van der Waals surface area (Å²) in [6.07, 6.45) is 0. The summed E-state index contributed by atoms with van der Waals surface area (Å²) in [5.74, 6) is 0.709. The number of rotatable bonds is 9. The molecule has 170 valence electrons. The van der Waals surface area contributed by atoms with Crippen LogP contribution < -0.4 is 21.9 Å². The van der Waals surface area contributed by atoms with E-state index >= 15 is 0 Å². The summed E-state index contributed by atoms with van der Waals surface area (Å²) in [5, 5.41) is 1.90. The second kappa shape index (κ2) is 15.6. The topological polar surface area (TPSA) is 37.1 Å². The van der Waals surface area contributed by atoms with Gasteiger partial charge in [0.2, 0.25) is 0 Å². The standard InChI is InChI=1S/C19H26N2OS.C5H13N.BrH/c1-4-21(5-2)20-23(22,19-14-10-7-11-15-19)16-17(3)18-12-8-6-9-13-18;1-4-6(3)5-2;/h6-15,17H,4-5,16H2,1-3H3;4-5H2,1-3H3;1H. The monoisotopic (exact) mass is 497 g/mol. The predicted octanol–water partition coefficient (Wildman–Crippen LogP) is 1.12. The number of hydrogen-bond acceptors (Lipinski definition) is 2. The highest BCUT2D eigenvalue weighted by Crippen LogP contribution is 2.23. The van der Waals surface area contributed by atoms with Crippen molar-refractivity contribution in [1.82, 2.24) is 5.01 Å². The Morgan fingerprint density at radius 2 is 1.37 bits per heavy atom. The average molecular weight is 499 g/mol. The van der Waals surface area contributed by atoms with E-state index in [0.29, 0.717) is 5.75 Å². The summed E-state index contributed by atoms with van der Waals surface area (Å²) in [7, 11) is -0.293. The van der Waals surface area contributed by atoms with Crippen molar-refractivity contribution in [2.45, 2.75) is 45.4 Å². The van der Waals surface area contributed by atoms with Crippen molar-refractivity contribution in [1.29, 1.82) is 0 Å². The van der Waals surface area contributed by atoms with Crippen LogP contribution in [0.15, 0.2) is 70.0 Å². The molecule has 0 heterocycles. The Labute approximate surface area is 195 Å². The molecule has 6 heteroatoms. The molecule has 2 atom stereocenters. The second-order valence-corrected chi connectivity index (χ2v) is 9.57. The molecule has 0 saturated carbocycles. The maximum atomic E-state index is 13.7.